The Morgan fingerprint density at radius 1 is 1.58 bits per heavy atom. The van der Waals surface area contributed by atoms with Crippen LogP contribution in [0, 0.1) is 0 Å². The fourth-order valence-electron chi connectivity index (χ4n) is 0.570. The first kappa shape index (κ1) is 12.2. The lowest BCUT2D eigenvalue weighted by Gasteiger charge is -2.04. The van der Waals surface area contributed by atoms with Crippen molar-refractivity contribution < 1.29 is 9.13 Å². The first-order valence-electron chi connectivity index (χ1n) is 4.10. The maximum Gasteiger partial charge on any atom is 0.169 e. The molecule has 0 aromatic heterocycles. The molecule has 0 atom stereocenters. The molecule has 0 radical (unpaired) electrons. The van der Waals surface area contributed by atoms with E-state index in [9.17, 15) is 4.39 Å². The van der Waals surface area contributed by atoms with Gasteiger partial charge in [-0.25, -0.2) is 0 Å². The first-order chi connectivity index (χ1) is 5.81. The van der Waals surface area contributed by atoms with Gasteiger partial charge in [0.25, 0.3) is 0 Å². The maximum atomic E-state index is 11.6. The highest BCUT2D eigenvalue weighted by atomic mass is 32.2. The summed E-state index contributed by atoms with van der Waals surface area (Å²) >= 11 is 6.56. The van der Waals surface area contributed by atoms with Gasteiger partial charge in [0.05, 0.1) is 19.0 Å². The van der Waals surface area contributed by atoms with Gasteiger partial charge in [-0.1, -0.05) is 6.92 Å². The molecule has 0 amide bonds. The molecule has 0 heterocycles. The van der Waals surface area contributed by atoms with E-state index in [1.54, 1.807) is 11.8 Å². The van der Waals surface area contributed by atoms with E-state index < -0.39 is 0 Å². The molecule has 4 heteroatoms. The number of hydrogen-bond donors (Lipinski definition) is 0. The van der Waals surface area contributed by atoms with Crippen LogP contribution in [-0.4, -0.2) is 29.8 Å². The van der Waals surface area contributed by atoms with E-state index in [1.807, 2.05) is 6.92 Å². The molecule has 0 aliphatic rings. The van der Waals surface area contributed by atoms with Crippen molar-refractivity contribution in [3.63, 3.8) is 0 Å². The largest absolute Gasteiger partial charge is 0.486 e. The van der Waals surface area contributed by atoms with Gasteiger partial charge in [0.15, 0.2) is 5.05 Å². The Hall–Kier alpha value is 0.170. The van der Waals surface area contributed by atoms with Crippen LogP contribution in [0.3, 0.4) is 0 Å². The van der Waals surface area contributed by atoms with Crippen molar-refractivity contribution >= 4 is 29.0 Å². The van der Waals surface area contributed by atoms with Crippen LogP contribution in [0.5, 0.6) is 0 Å². The molecule has 12 heavy (non-hydrogen) atoms. The summed E-state index contributed by atoms with van der Waals surface area (Å²) in [5, 5.41) is 0.640. The number of rotatable bonds is 7. The highest BCUT2D eigenvalue weighted by Crippen LogP contribution is 2.04. The van der Waals surface area contributed by atoms with Gasteiger partial charge in [-0.05, 0) is 30.8 Å². The zero-order valence-corrected chi connectivity index (χ0v) is 8.98. The normalized spacial score (nSPS) is 9.83. The van der Waals surface area contributed by atoms with E-state index in [1.165, 1.54) is 0 Å². The second-order valence-electron chi connectivity index (χ2n) is 2.32. The molecule has 0 aliphatic heterocycles. The number of hydrogen-bond acceptors (Lipinski definition) is 3. The molecule has 0 spiro atoms. The van der Waals surface area contributed by atoms with Gasteiger partial charge in [-0.3, -0.25) is 4.39 Å². The van der Waals surface area contributed by atoms with Gasteiger partial charge in [-0.2, -0.15) is 11.8 Å². The molecular formula is C8H15FOS2. The molecule has 0 saturated heterocycles. The summed E-state index contributed by atoms with van der Waals surface area (Å²) in [6, 6.07) is 0. The zero-order valence-electron chi connectivity index (χ0n) is 7.35. The summed E-state index contributed by atoms with van der Waals surface area (Å²) in [7, 11) is 0. The summed E-state index contributed by atoms with van der Waals surface area (Å²) in [6.07, 6.45) is 1.59. The quantitative estimate of drug-likeness (QED) is 0.472. The highest BCUT2D eigenvalue weighted by molar-refractivity contribution is 8.01. The van der Waals surface area contributed by atoms with Crippen molar-refractivity contribution in [2.24, 2.45) is 0 Å². The minimum absolute atomic E-state index is 0.240. The summed E-state index contributed by atoms with van der Waals surface area (Å²) in [5.74, 6) is 1.54. The number of halogens is 1. The Morgan fingerprint density at radius 2 is 2.33 bits per heavy atom. The average molecular weight is 210 g/mol. The van der Waals surface area contributed by atoms with E-state index in [4.69, 9.17) is 17.0 Å². The Balaban J connectivity index is 3.08. The predicted octanol–water partition coefficient (Wildman–Crippen LogP) is 2.83. The van der Waals surface area contributed by atoms with Crippen LogP contribution in [0.25, 0.3) is 0 Å². The average Bonchev–Trinajstić information content (AvgIpc) is 2.09. The summed E-state index contributed by atoms with van der Waals surface area (Å²) in [6.45, 7) is 2.50. The van der Waals surface area contributed by atoms with Crippen molar-refractivity contribution in [3.05, 3.63) is 0 Å². The second kappa shape index (κ2) is 9.26. The lowest BCUT2D eigenvalue weighted by atomic mass is 10.5. The fourth-order valence-corrected chi connectivity index (χ4v) is 1.61. The number of thioether (sulfide) groups is 1. The standard InChI is InChI=1S/C8H15FOS2/c1-2-5-10-8(11)7-12-6-3-4-9/h2-7H2,1H3. The molecule has 0 unspecified atom stereocenters. The van der Waals surface area contributed by atoms with Gasteiger partial charge < -0.3 is 4.74 Å². The number of thiocarbonyl (C=S) groups is 1. The summed E-state index contributed by atoms with van der Waals surface area (Å²) < 4.78 is 16.8. The molecule has 0 aromatic rings. The smallest absolute Gasteiger partial charge is 0.169 e. The van der Waals surface area contributed by atoms with Crippen molar-refractivity contribution in [1.82, 2.24) is 0 Å². The topological polar surface area (TPSA) is 9.23 Å². The van der Waals surface area contributed by atoms with Gasteiger partial charge in [0.2, 0.25) is 0 Å². The van der Waals surface area contributed by atoms with Crippen molar-refractivity contribution in [2.45, 2.75) is 19.8 Å². The minimum atomic E-state index is -0.240. The first-order valence-corrected chi connectivity index (χ1v) is 5.67. The van der Waals surface area contributed by atoms with Gasteiger partial charge in [0, 0.05) is 0 Å². The van der Waals surface area contributed by atoms with Crippen LogP contribution in [0.2, 0.25) is 0 Å². The van der Waals surface area contributed by atoms with Gasteiger partial charge in [-0.15, -0.1) is 0 Å². The number of ether oxygens (including phenoxy) is 1. The molecule has 0 N–H and O–H groups in total. The molecule has 0 fully saturated rings. The SMILES string of the molecule is CCCOC(=S)CSCCCF. The Morgan fingerprint density at radius 3 is 2.92 bits per heavy atom. The van der Waals surface area contributed by atoms with Gasteiger partial charge in [0.1, 0.15) is 0 Å². The molecule has 0 bridgehead atoms. The Labute approximate surface area is 83.1 Å². The van der Waals surface area contributed by atoms with Crippen LogP contribution in [0.1, 0.15) is 19.8 Å². The summed E-state index contributed by atoms with van der Waals surface area (Å²) in [5.41, 5.74) is 0. The second-order valence-corrected chi connectivity index (χ2v) is 3.88. The molecule has 0 aromatic carbocycles. The maximum absolute atomic E-state index is 11.6. The highest BCUT2D eigenvalue weighted by Gasteiger charge is 1.96. The lowest BCUT2D eigenvalue weighted by molar-refractivity contribution is 0.311. The predicted molar refractivity (Wildman–Crippen MR) is 56.8 cm³/mol. The Kier molecular flexibility index (Phi) is 9.39. The van der Waals surface area contributed by atoms with E-state index in [2.05, 4.69) is 0 Å². The molecule has 72 valence electrons. The van der Waals surface area contributed by atoms with Gasteiger partial charge >= 0.3 is 0 Å². The van der Waals surface area contributed by atoms with Crippen molar-refractivity contribution in [1.29, 1.82) is 0 Å². The van der Waals surface area contributed by atoms with E-state index >= 15 is 0 Å². The molecule has 0 saturated carbocycles. The monoisotopic (exact) mass is 210 g/mol. The van der Waals surface area contributed by atoms with E-state index in [0.717, 1.165) is 17.9 Å². The van der Waals surface area contributed by atoms with Crippen LogP contribution in [0.4, 0.5) is 4.39 Å². The van der Waals surface area contributed by atoms with Crippen LogP contribution < -0.4 is 0 Å². The molecule has 1 nitrogen and oxygen atoms in total. The van der Waals surface area contributed by atoms with Crippen LogP contribution in [0.15, 0.2) is 0 Å². The van der Waals surface area contributed by atoms with E-state index in [-0.39, 0.29) is 6.67 Å². The summed E-state index contributed by atoms with van der Waals surface area (Å²) in [4.78, 5) is 0. The van der Waals surface area contributed by atoms with Crippen molar-refractivity contribution in [3.8, 4) is 0 Å². The zero-order chi connectivity index (χ0) is 9.23. The van der Waals surface area contributed by atoms with E-state index in [0.29, 0.717) is 18.1 Å². The molecule has 0 rings (SSSR count). The fraction of sp³-hybridized carbons (Fsp3) is 0.875. The third-order valence-electron chi connectivity index (χ3n) is 1.11. The number of alkyl halides is 1. The third kappa shape index (κ3) is 8.27. The Bertz CT molecular complexity index is 120. The third-order valence-corrected chi connectivity index (χ3v) is 2.60. The molecular weight excluding hydrogens is 195 g/mol. The molecule has 0 aliphatic carbocycles. The van der Waals surface area contributed by atoms with Crippen molar-refractivity contribution in [2.75, 3.05) is 24.8 Å². The lowest BCUT2D eigenvalue weighted by Crippen LogP contribution is -2.05. The van der Waals surface area contributed by atoms with Crippen LogP contribution >= 0.6 is 24.0 Å². The van der Waals surface area contributed by atoms with Crippen LogP contribution in [-0.2, 0) is 4.74 Å². The minimum Gasteiger partial charge on any atom is -0.486 e.